The molecule has 0 aliphatic heterocycles. The summed E-state index contributed by atoms with van der Waals surface area (Å²) in [5, 5.41) is 3.10. The molecule has 1 atom stereocenters. The van der Waals surface area contributed by atoms with E-state index in [2.05, 4.69) is 5.32 Å². The van der Waals surface area contributed by atoms with E-state index in [0.29, 0.717) is 17.9 Å². The molecule has 0 saturated heterocycles. The molecule has 0 bridgehead atoms. The molecular weight excluding hydrogens is 502 g/mol. The molecule has 1 aliphatic rings. The van der Waals surface area contributed by atoms with Crippen molar-refractivity contribution in [2.45, 2.75) is 77.9 Å². The summed E-state index contributed by atoms with van der Waals surface area (Å²) in [7, 11) is -1.94. The minimum Gasteiger partial charge on any atom is -0.497 e. The minimum absolute atomic E-state index is 0.119. The third kappa shape index (κ3) is 7.96. The summed E-state index contributed by atoms with van der Waals surface area (Å²) in [5.41, 5.74) is 3.55. The SMILES string of the molecule is COc1ccc(CN(C(=O)CCCN(c2ccc(C)c(C)c2)S(C)(=O)=O)[C@H](C)C(=O)NC2CCCC2)cc1. The van der Waals surface area contributed by atoms with Crippen LogP contribution in [0, 0.1) is 13.8 Å². The van der Waals surface area contributed by atoms with Crippen molar-refractivity contribution in [1.29, 1.82) is 0 Å². The average molecular weight is 544 g/mol. The lowest BCUT2D eigenvalue weighted by molar-refractivity contribution is -0.141. The van der Waals surface area contributed by atoms with E-state index in [-0.39, 0.29) is 37.4 Å². The van der Waals surface area contributed by atoms with Crippen LogP contribution >= 0.6 is 0 Å². The van der Waals surface area contributed by atoms with Gasteiger partial charge in [0.05, 0.1) is 19.1 Å². The van der Waals surface area contributed by atoms with Gasteiger partial charge in [-0.3, -0.25) is 13.9 Å². The predicted molar refractivity (Wildman–Crippen MR) is 151 cm³/mol. The van der Waals surface area contributed by atoms with E-state index in [4.69, 9.17) is 4.74 Å². The molecule has 0 unspecified atom stereocenters. The number of benzene rings is 2. The topological polar surface area (TPSA) is 96.0 Å². The van der Waals surface area contributed by atoms with Gasteiger partial charge >= 0.3 is 0 Å². The van der Waals surface area contributed by atoms with Crippen LogP contribution in [0.2, 0.25) is 0 Å². The van der Waals surface area contributed by atoms with Gasteiger partial charge in [0, 0.05) is 25.6 Å². The molecule has 1 N–H and O–H groups in total. The van der Waals surface area contributed by atoms with Crippen molar-refractivity contribution in [2.24, 2.45) is 0 Å². The van der Waals surface area contributed by atoms with E-state index in [1.165, 1.54) is 10.6 Å². The van der Waals surface area contributed by atoms with Gasteiger partial charge in [-0.05, 0) is 81.0 Å². The summed E-state index contributed by atoms with van der Waals surface area (Å²) in [6.45, 7) is 6.12. The number of rotatable bonds is 12. The molecule has 2 aromatic rings. The predicted octanol–water partition coefficient (Wildman–Crippen LogP) is 4.33. The number of nitrogens with one attached hydrogen (secondary N) is 1. The Labute approximate surface area is 227 Å². The van der Waals surface area contributed by atoms with Crippen LogP contribution in [0.1, 0.15) is 62.1 Å². The number of anilines is 1. The molecule has 1 fully saturated rings. The normalized spacial score (nSPS) is 14.7. The van der Waals surface area contributed by atoms with E-state index < -0.39 is 16.1 Å². The molecule has 3 rings (SSSR count). The first-order valence-electron chi connectivity index (χ1n) is 13.3. The van der Waals surface area contributed by atoms with Crippen molar-refractivity contribution in [1.82, 2.24) is 10.2 Å². The van der Waals surface area contributed by atoms with Gasteiger partial charge < -0.3 is 15.0 Å². The summed E-state index contributed by atoms with van der Waals surface area (Å²) in [4.78, 5) is 28.1. The van der Waals surface area contributed by atoms with Crippen molar-refractivity contribution >= 4 is 27.5 Å². The Morgan fingerprint density at radius 2 is 1.71 bits per heavy atom. The highest BCUT2D eigenvalue weighted by molar-refractivity contribution is 7.92. The van der Waals surface area contributed by atoms with Gasteiger partial charge in [0.25, 0.3) is 0 Å². The maximum absolute atomic E-state index is 13.5. The fraction of sp³-hybridized carbons (Fsp3) is 0.517. The lowest BCUT2D eigenvalue weighted by Gasteiger charge is -2.30. The van der Waals surface area contributed by atoms with E-state index in [1.807, 2.05) is 50.2 Å². The number of nitrogens with zero attached hydrogens (tertiary/aromatic N) is 2. The number of carbonyl (C=O) groups excluding carboxylic acids is 2. The van der Waals surface area contributed by atoms with Gasteiger partial charge in [-0.2, -0.15) is 0 Å². The number of hydrogen-bond donors (Lipinski definition) is 1. The Kier molecular flexibility index (Phi) is 10.2. The van der Waals surface area contributed by atoms with Crippen LogP contribution in [0.4, 0.5) is 5.69 Å². The third-order valence-corrected chi connectivity index (χ3v) is 8.51. The quantitative estimate of drug-likeness (QED) is 0.430. The van der Waals surface area contributed by atoms with E-state index in [9.17, 15) is 18.0 Å². The van der Waals surface area contributed by atoms with Crippen LogP contribution in [-0.4, -0.2) is 57.1 Å². The second-order valence-corrected chi connectivity index (χ2v) is 12.1. The molecule has 0 radical (unpaired) electrons. The highest BCUT2D eigenvalue weighted by Gasteiger charge is 2.28. The second kappa shape index (κ2) is 13.1. The van der Waals surface area contributed by atoms with Gasteiger partial charge in [0.2, 0.25) is 21.8 Å². The Balaban J connectivity index is 1.73. The molecule has 8 nitrogen and oxygen atoms in total. The maximum atomic E-state index is 13.5. The highest BCUT2D eigenvalue weighted by atomic mass is 32.2. The van der Waals surface area contributed by atoms with Crippen molar-refractivity contribution in [3.05, 3.63) is 59.2 Å². The minimum atomic E-state index is -3.53. The van der Waals surface area contributed by atoms with Crippen LogP contribution in [0.3, 0.4) is 0 Å². The number of ether oxygens (including phenoxy) is 1. The standard InChI is InChI=1S/C29H41N3O5S/c1-21-12-15-26(19-22(21)2)32(38(5,35)36)18-8-11-28(33)31(20-24-13-16-27(37-4)17-14-24)23(3)29(34)30-25-9-6-7-10-25/h12-17,19,23,25H,6-11,18,20H2,1-5H3,(H,30,34)/t23-/m1/s1. The molecule has 0 heterocycles. The van der Waals surface area contributed by atoms with Gasteiger partial charge in [0.1, 0.15) is 11.8 Å². The third-order valence-electron chi connectivity index (χ3n) is 7.31. The number of methoxy groups -OCH3 is 1. The number of amides is 2. The van der Waals surface area contributed by atoms with Crippen LogP contribution in [0.25, 0.3) is 0 Å². The first kappa shape index (κ1) is 29.5. The van der Waals surface area contributed by atoms with Crippen LogP contribution in [0.5, 0.6) is 5.75 Å². The van der Waals surface area contributed by atoms with Crippen molar-refractivity contribution in [3.63, 3.8) is 0 Å². The average Bonchev–Trinajstić information content (AvgIpc) is 3.39. The van der Waals surface area contributed by atoms with Crippen molar-refractivity contribution in [3.8, 4) is 5.75 Å². The number of aryl methyl sites for hydroxylation is 2. The van der Waals surface area contributed by atoms with Gasteiger partial charge in [-0.1, -0.05) is 31.0 Å². The Hall–Kier alpha value is -3.07. The summed E-state index contributed by atoms with van der Waals surface area (Å²) >= 11 is 0. The van der Waals surface area contributed by atoms with Gasteiger partial charge in [0.15, 0.2) is 0 Å². The Morgan fingerprint density at radius 1 is 1.05 bits per heavy atom. The molecular formula is C29H41N3O5S. The molecule has 1 saturated carbocycles. The number of carbonyl (C=O) groups is 2. The molecule has 9 heteroatoms. The largest absolute Gasteiger partial charge is 0.497 e. The fourth-order valence-corrected chi connectivity index (χ4v) is 5.74. The maximum Gasteiger partial charge on any atom is 0.242 e. The molecule has 1 aliphatic carbocycles. The molecule has 2 aromatic carbocycles. The second-order valence-electron chi connectivity index (χ2n) is 10.2. The molecule has 0 aromatic heterocycles. The van der Waals surface area contributed by atoms with E-state index >= 15 is 0 Å². The van der Waals surface area contributed by atoms with Crippen molar-refractivity contribution in [2.75, 3.05) is 24.2 Å². The molecule has 2 amide bonds. The Bertz CT molecular complexity index is 1210. The lowest BCUT2D eigenvalue weighted by atomic mass is 10.1. The van der Waals surface area contributed by atoms with Crippen LogP contribution < -0.4 is 14.4 Å². The summed E-state index contributed by atoms with van der Waals surface area (Å²) < 4.78 is 31.7. The molecule has 208 valence electrons. The highest BCUT2D eigenvalue weighted by Crippen LogP contribution is 2.23. The van der Waals surface area contributed by atoms with E-state index in [1.54, 1.807) is 25.0 Å². The first-order valence-corrected chi connectivity index (χ1v) is 15.1. The lowest BCUT2D eigenvalue weighted by Crippen LogP contribution is -2.49. The van der Waals surface area contributed by atoms with Crippen molar-refractivity contribution < 1.29 is 22.7 Å². The smallest absolute Gasteiger partial charge is 0.242 e. The summed E-state index contributed by atoms with van der Waals surface area (Å²) in [5.74, 6) is 0.362. The zero-order valence-electron chi connectivity index (χ0n) is 23.2. The molecule has 38 heavy (non-hydrogen) atoms. The number of hydrogen-bond acceptors (Lipinski definition) is 5. The summed E-state index contributed by atoms with van der Waals surface area (Å²) in [6.07, 6.45) is 5.75. The zero-order chi connectivity index (χ0) is 27.9. The van der Waals surface area contributed by atoms with Gasteiger partial charge in [-0.25, -0.2) is 8.42 Å². The van der Waals surface area contributed by atoms with Crippen LogP contribution in [-0.2, 0) is 26.2 Å². The fourth-order valence-electron chi connectivity index (χ4n) is 4.79. The first-order chi connectivity index (χ1) is 18.0. The van der Waals surface area contributed by atoms with E-state index in [0.717, 1.165) is 42.4 Å². The van der Waals surface area contributed by atoms with Gasteiger partial charge in [-0.15, -0.1) is 0 Å². The monoisotopic (exact) mass is 543 g/mol. The number of sulfonamides is 1. The molecule has 0 spiro atoms. The Morgan fingerprint density at radius 3 is 2.29 bits per heavy atom. The zero-order valence-corrected chi connectivity index (χ0v) is 24.0. The summed E-state index contributed by atoms with van der Waals surface area (Å²) in [6, 6.07) is 12.5. The van der Waals surface area contributed by atoms with Crippen LogP contribution in [0.15, 0.2) is 42.5 Å².